The molecule has 0 saturated carbocycles. The summed E-state index contributed by atoms with van der Waals surface area (Å²) < 4.78 is 7.19. The first-order valence-corrected chi connectivity index (χ1v) is 6.66. The molecule has 6 nitrogen and oxygen atoms in total. The Morgan fingerprint density at radius 3 is 3.20 bits per heavy atom. The number of ether oxygens (including phenoxy) is 1. The van der Waals surface area contributed by atoms with Crippen molar-refractivity contribution in [1.29, 1.82) is 0 Å². The molecular formula is C14H16N4O2. The van der Waals surface area contributed by atoms with Gasteiger partial charge in [0.2, 0.25) is 5.91 Å². The van der Waals surface area contributed by atoms with E-state index in [1.165, 1.54) is 0 Å². The molecule has 0 radical (unpaired) electrons. The lowest BCUT2D eigenvalue weighted by Gasteiger charge is -2.12. The largest absolute Gasteiger partial charge is 0.368 e. The fourth-order valence-corrected chi connectivity index (χ4v) is 2.27. The summed E-state index contributed by atoms with van der Waals surface area (Å²) in [5.74, 6) is 0.723. The maximum absolute atomic E-state index is 11.9. The van der Waals surface area contributed by atoms with Gasteiger partial charge < -0.3 is 10.1 Å². The number of amides is 1. The predicted octanol–water partition coefficient (Wildman–Crippen LogP) is 1.06. The number of aromatic nitrogens is 3. The Labute approximate surface area is 116 Å². The van der Waals surface area contributed by atoms with E-state index < -0.39 is 0 Å². The van der Waals surface area contributed by atoms with Crippen LogP contribution in [0.1, 0.15) is 18.4 Å². The lowest BCUT2D eigenvalue weighted by molar-refractivity contribution is -0.130. The second kappa shape index (κ2) is 5.83. The molecule has 1 fully saturated rings. The van der Waals surface area contributed by atoms with Crippen LogP contribution in [0, 0.1) is 0 Å². The van der Waals surface area contributed by atoms with E-state index in [1.807, 2.05) is 22.9 Å². The molecule has 104 valence electrons. The SMILES string of the molecule is O=C(NCc1cccnc1-n1ccnc1)[C@@H]1CCCO1. The monoisotopic (exact) mass is 272 g/mol. The fraction of sp³-hybridized carbons (Fsp3) is 0.357. The number of nitrogens with one attached hydrogen (secondary N) is 1. The number of hydrogen-bond donors (Lipinski definition) is 1. The first kappa shape index (κ1) is 12.8. The van der Waals surface area contributed by atoms with Crippen molar-refractivity contribution >= 4 is 5.91 Å². The molecule has 6 heteroatoms. The number of pyridine rings is 1. The van der Waals surface area contributed by atoms with Gasteiger partial charge in [0, 0.05) is 37.3 Å². The summed E-state index contributed by atoms with van der Waals surface area (Å²) >= 11 is 0. The number of carbonyl (C=O) groups excluding carboxylic acids is 1. The molecule has 1 N–H and O–H groups in total. The van der Waals surface area contributed by atoms with Crippen LogP contribution in [-0.2, 0) is 16.1 Å². The van der Waals surface area contributed by atoms with E-state index in [0.29, 0.717) is 13.2 Å². The molecule has 0 unspecified atom stereocenters. The minimum absolute atomic E-state index is 0.0528. The highest BCUT2D eigenvalue weighted by Crippen LogP contribution is 2.13. The Morgan fingerprint density at radius 1 is 1.50 bits per heavy atom. The van der Waals surface area contributed by atoms with Crippen LogP contribution in [0.5, 0.6) is 0 Å². The standard InChI is InChI=1S/C14H16N4O2/c19-14(12-4-2-8-20-12)17-9-11-3-1-5-16-13(11)18-7-6-15-10-18/h1,3,5-7,10,12H,2,4,8-9H2,(H,17,19)/t12-/m0/s1. The molecule has 1 aliphatic rings. The van der Waals surface area contributed by atoms with Gasteiger partial charge in [-0.05, 0) is 18.9 Å². The van der Waals surface area contributed by atoms with Gasteiger partial charge in [-0.1, -0.05) is 6.07 Å². The average molecular weight is 272 g/mol. The molecule has 1 atom stereocenters. The molecular weight excluding hydrogens is 256 g/mol. The van der Waals surface area contributed by atoms with Crippen LogP contribution < -0.4 is 5.32 Å². The quantitative estimate of drug-likeness (QED) is 0.903. The normalized spacial score (nSPS) is 18.1. The fourth-order valence-electron chi connectivity index (χ4n) is 2.27. The summed E-state index contributed by atoms with van der Waals surface area (Å²) in [6, 6.07) is 3.80. The minimum atomic E-state index is -0.302. The first-order chi connectivity index (χ1) is 9.84. The number of rotatable bonds is 4. The summed E-state index contributed by atoms with van der Waals surface area (Å²) in [4.78, 5) is 20.3. The molecule has 2 aromatic rings. The van der Waals surface area contributed by atoms with Gasteiger partial charge in [0.25, 0.3) is 0 Å². The third kappa shape index (κ3) is 2.70. The first-order valence-electron chi connectivity index (χ1n) is 6.66. The van der Waals surface area contributed by atoms with Crippen LogP contribution in [0.2, 0.25) is 0 Å². The molecule has 1 amide bonds. The van der Waals surface area contributed by atoms with Gasteiger partial charge >= 0.3 is 0 Å². The van der Waals surface area contributed by atoms with Gasteiger partial charge in [0.1, 0.15) is 18.2 Å². The predicted molar refractivity (Wildman–Crippen MR) is 72.2 cm³/mol. The van der Waals surface area contributed by atoms with Crippen LogP contribution in [0.15, 0.2) is 37.1 Å². The van der Waals surface area contributed by atoms with Crippen LogP contribution in [0.4, 0.5) is 0 Å². The highest BCUT2D eigenvalue weighted by atomic mass is 16.5. The molecule has 2 aromatic heterocycles. The average Bonchev–Trinajstić information content (AvgIpc) is 3.17. The number of nitrogens with zero attached hydrogens (tertiary/aromatic N) is 3. The van der Waals surface area contributed by atoms with Crippen molar-refractivity contribution < 1.29 is 9.53 Å². The summed E-state index contributed by atoms with van der Waals surface area (Å²) in [5.41, 5.74) is 0.942. The smallest absolute Gasteiger partial charge is 0.249 e. The zero-order chi connectivity index (χ0) is 13.8. The van der Waals surface area contributed by atoms with Gasteiger partial charge in [-0.2, -0.15) is 0 Å². The van der Waals surface area contributed by atoms with Gasteiger partial charge in [0.05, 0.1) is 0 Å². The topological polar surface area (TPSA) is 69.0 Å². The van der Waals surface area contributed by atoms with Crippen molar-refractivity contribution in [2.75, 3.05) is 6.61 Å². The summed E-state index contributed by atoms with van der Waals surface area (Å²) in [6.07, 6.45) is 8.38. The Balaban J connectivity index is 1.70. The zero-order valence-electron chi connectivity index (χ0n) is 11.0. The van der Waals surface area contributed by atoms with E-state index in [4.69, 9.17) is 4.74 Å². The van der Waals surface area contributed by atoms with Gasteiger partial charge in [-0.15, -0.1) is 0 Å². The molecule has 0 bridgehead atoms. The molecule has 3 rings (SSSR count). The van der Waals surface area contributed by atoms with E-state index >= 15 is 0 Å². The Hall–Kier alpha value is -2.21. The molecule has 0 aromatic carbocycles. The molecule has 1 saturated heterocycles. The van der Waals surface area contributed by atoms with E-state index in [9.17, 15) is 4.79 Å². The van der Waals surface area contributed by atoms with Crippen molar-refractivity contribution in [2.24, 2.45) is 0 Å². The third-order valence-electron chi connectivity index (χ3n) is 3.29. The summed E-state index contributed by atoms with van der Waals surface area (Å²) in [6.45, 7) is 1.10. The zero-order valence-corrected chi connectivity index (χ0v) is 11.0. The lowest BCUT2D eigenvalue weighted by atomic mass is 10.2. The summed E-state index contributed by atoms with van der Waals surface area (Å²) in [7, 11) is 0. The Bertz CT molecular complexity index is 577. The van der Waals surface area contributed by atoms with E-state index in [2.05, 4.69) is 15.3 Å². The second-order valence-electron chi connectivity index (χ2n) is 4.68. The van der Waals surface area contributed by atoms with Crippen LogP contribution in [0.3, 0.4) is 0 Å². The van der Waals surface area contributed by atoms with Gasteiger partial charge in [-0.3, -0.25) is 9.36 Å². The highest BCUT2D eigenvalue weighted by molar-refractivity contribution is 5.81. The van der Waals surface area contributed by atoms with Crippen molar-refractivity contribution in [3.8, 4) is 5.82 Å². The third-order valence-corrected chi connectivity index (χ3v) is 3.29. The van der Waals surface area contributed by atoms with Gasteiger partial charge in [0.15, 0.2) is 0 Å². The summed E-state index contributed by atoms with van der Waals surface area (Å²) in [5, 5.41) is 2.91. The lowest BCUT2D eigenvalue weighted by Crippen LogP contribution is -2.33. The van der Waals surface area contributed by atoms with Crippen molar-refractivity contribution in [2.45, 2.75) is 25.5 Å². The second-order valence-corrected chi connectivity index (χ2v) is 4.68. The number of imidazole rings is 1. The molecule has 3 heterocycles. The van der Waals surface area contributed by atoms with E-state index in [0.717, 1.165) is 24.2 Å². The molecule has 20 heavy (non-hydrogen) atoms. The number of carbonyl (C=O) groups is 1. The Kier molecular flexibility index (Phi) is 3.73. The van der Waals surface area contributed by atoms with Crippen LogP contribution in [0.25, 0.3) is 5.82 Å². The molecule has 0 aliphatic carbocycles. The highest BCUT2D eigenvalue weighted by Gasteiger charge is 2.23. The van der Waals surface area contributed by atoms with Crippen LogP contribution >= 0.6 is 0 Å². The van der Waals surface area contributed by atoms with Gasteiger partial charge in [-0.25, -0.2) is 9.97 Å². The molecule has 1 aliphatic heterocycles. The maximum atomic E-state index is 11.9. The van der Waals surface area contributed by atoms with Crippen molar-refractivity contribution in [1.82, 2.24) is 19.9 Å². The molecule has 0 spiro atoms. The van der Waals surface area contributed by atoms with Crippen molar-refractivity contribution in [3.63, 3.8) is 0 Å². The maximum Gasteiger partial charge on any atom is 0.249 e. The Morgan fingerprint density at radius 2 is 2.45 bits per heavy atom. The van der Waals surface area contributed by atoms with Crippen molar-refractivity contribution in [3.05, 3.63) is 42.6 Å². The van der Waals surface area contributed by atoms with Crippen LogP contribution in [-0.4, -0.2) is 33.2 Å². The van der Waals surface area contributed by atoms with E-state index in [1.54, 1.807) is 18.7 Å². The minimum Gasteiger partial charge on any atom is -0.368 e. The number of hydrogen-bond acceptors (Lipinski definition) is 4. The van der Waals surface area contributed by atoms with E-state index in [-0.39, 0.29) is 12.0 Å².